The molecule has 0 spiro atoms. The topological polar surface area (TPSA) is 73.6 Å². The fourth-order valence-corrected chi connectivity index (χ4v) is 1.87. The van der Waals surface area contributed by atoms with Crippen molar-refractivity contribution in [2.45, 2.75) is 28.2 Å². The largest absolute Gasteiger partial charge is 0.497 e. The molecule has 132 valence electrons. The molecule has 0 radical (unpaired) electrons. The van der Waals surface area contributed by atoms with Crippen LogP contribution in [0, 0.1) is 13.8 Å². The van der Waals surface area contributed by atoms with E-state index in [1.807, 2.05) is 50.2 Å². The number of nitrogen functional groups attached to an aromatic ring is 1. The second kappa shape index (κ2) is 10.2. The summed E-state index contributed by atoms with van der Waals surface area (Å²) >= 11 is 0. The average molecular weight is 332 g/mol. The molecule has 2 rings (SSSR count). The number of aryl methyl sites for hydroxylation is 2. The number of ether oxygens (including phenoxy) is 2. The van der Waals surface area contributed by atoms with Crippen molar-refractivity contribution in [3.63, 3.8) is 0 Å². The molecular formula is C19H28N2O3. The molecule has 0 bridgehead atoms. The first-order valence-electron chi connectivity index (χ1n) is 7.19. The lowest BCUT2D eigenvalue weighted by Crippen LogP contribution is -2.06. The Morgan fingerprint density at radius 1 is 0.958 bits per heavy atom. The van der Waals surface area contributed by atoms with Gasteiger partial charge >= 0.3 is 0 Å². The molecule has 0 heterocycles. The van der Waals surface area contributed by atoms with Crippen LogP contribution in [0.2, 0.25) is 0 Å². The molecule has 0 saturated heterocycles. The molecule has 0 aliphatic carbocycles. The Labute approximate surface area is 144 Å². The van der Waals surface area contributed by atoms with E-state index in [-0.39, 0.29) is 13.3 Å². The van der Waals surface area contributed by atoms with Crippen LogP contribution in [0.4, 0.5) is 11.4 Å². The molecule has 24 heavy (non-hydrogen) atoms. The highest BCUT2D eigenvalue weighted by Crippen LogP contribution is 2.20. The number of methoxy groups -OCH3 is 2. The first kappa shape index (κ1) is 21.3. The molecule has 0 unspecified atom stereocenters. The van der Waals surface area contributed by atoms with Gasteiger partial charge in [0.2, 0.25) is 5.91 Å². The van der Waals surface area contributed by atoms with E-state index in [0.717, 1.165) is 34.0 Å². The first-order valence-corrected chi connectivity index (χ1v) is 7.19. The monoisotopic (exact) mass is 332 g/mol. The molecule has 2 aromatic rings. The van der Waals surface area contributed by atoms with Crippen molar-refractivity contribution in [1.82, 2.24) is 0 Å². The molecule has 0 atom stereocenters. The summed E-state index contributed by atoms with van der Waals surface area (Å²) < 4.78 is 10.0. The highest BCUT2D eigenvalue weighted by molar-refractivity contribution is 5.89. The van der Waals surface area contributed by atoms with Crippen LogP contribution in [0.25, 0.3) is 0 Å². The van der Waals surface area contributed by atoms with Gasteiger partial charge in [0.05, 0.1) is 14.2 Å². The zero-order chi connectivity index (χ0) is 17.4. The lowest BCUT2D eigenvalue weighted by molar-refractivity contribution is -0.114. The van der Waals surface area contributed by atoms with Gasteiger partial charge in [-0.2, -0.15) is 0 Å². The van der Waals surface area contributed by atoms with Crippen LogP contribution >= 0.6 is 0 Å². The van der Waals surface area contributed by atoms with Gasteiger partial charge in [0.15, 0.2) is 0 Å². The maximum atomic E-state index is 10.8. The number of nitrogens with one attached hydrogen (secondary N) is 1. The Hall–Kier alpha value is -2.69. The van der Waals surface area contributed by atoms with E-state index in [0.29, 0.717) is 0 Å². The number of benzene rings is 2. The van der Waals surface area contributed by atoms with E-state index < -0.39 is 0 Å². The average Bonchev–Trinajstić information content (AvgIpc) is 2.52. The maximum absolute atomic E-state index is 10.8. The van der Waals surface area contributed by atoms with Crippen molar-refractivity contribution in [3.05, 3.63) is 47.5 Å². The van der Waals surface area contributed by atoms with Gasteiger partial charge in [-0.1, -0.05) is 7.43 Å². The second-order valence-electron chi connectivity index (χ2n) is 5.08. The van der Waals surface area contributed by atoms with Gasteiger partial charge in [-0.15, -0.1) is 0 Å². The lowest BCUT2D eigenvalue weighted by Gasteiger charge is -2.07. The van der Waals surface area contributed by atoms with Crippen molar-refractivity contribution in [3.8, 4) is 11.5 Å². The van der Waals surface area contributed by atoms with Crippen LogP contribution in [0.5, 0.6) is 11.5 Å². The molecule has 5 nitrogen and oxygen atoms in total. The maximum Gasteiger partial charge on any atom is 0.221 e. The third kappa shape index (κ3) is 6.60. The van der Waals surface area contributed by atoms with Crippen LogP contribution in [-0.2, 0) is 4.79 Å². The summed E-state index contributed by atoms with van der Waals surface area (Å²) in [6.45, 7) is 5.37. The summed E-state index contributed by atoms with van der Waals surface area (Å²) in [7, 11) is 3.26. The molecule has 0 saturated carbocycles. The minimum absolute atomic E-state index is 0. The number of carbonyl (C=O) groups is 1. The van der Waals surface area contributed by atoms with Crippen LogP contribution in [0.15, 0.2) is 36.4 Å². The van der Waals surface area contributed by atoms with E-state index in [9.17, 15) is 4.79 Å². The fourth-order valence-electron chi connectivity index (χ4n) is 1.87. The third-order valence-corrected chi connectivity index (χ3v) is 3.22. The normalized spacial score (nSPS) is 9.04. The number of hydrogen-bond donors (Lipinski definition) is 2. The van der Waals surface area contributed by atoms with Crippen molar-refractivity contribution >= 4 is 17.3 Å². The van der Waals surface area contributed by atoms with Crippen molar-refractivity contribution in [2.75, 3.05) is 25.3 Å². The van der Waals surface area contributed by atoms with Crippen molar-refractivity contribution in [1.29, 1.82) is 0 Å². The van der Waals surface area contributed by atoms with E-state index in [1.165, 1.54) is 6.92 Å². The zero-order valence-corrected chi connectivity index (χ0v) is 14.3. The summed E-state index contributed by atoms with van der Waals surface area (Å²) in [5, 5.41) is 2.73. The molecule has 5 heteroatoms. The van der Waals surface area contributed by atoms with Crippen molar-refractivity contribution in [2.24, 2.45) is 0 Å². The molecule has 2 aromatic carbocycles. The Morgan fingerprint density at radius 3 is 1.88 bits per heavy atom. The smallest absolute Gasteiger partial charge is 0.221 e. The van der Waals surface area contributed by atoms with E-state index >= 15 is 0 Å². The van der Waals surface area contributed by atoms with Gasteiger partial charge in [0.1, 0.15) is 11.5 Å². The van der Waals surface area contributed by atoms with Gasteiger partial charge < -0.3 is 20.5 Å². The highest BCUT2D eigenvalue weighted by Gasteiger charge is 2.00. The molecule has 0 fully saturated rings. The number of anilines is 2. The Morgan fingerprint density at radius 2 is 1.46 bits per heavy atom. The van der Waals surface area contributed by atoms with E-state index in [2.05, 4.69) is 5.32 Å². The van der Waals surface area contributed by atoms with Gasteiger partial charge in [-0.05, 0) is 61.4 Å². The predicted molar refractivity (Wildman–Crippen MR) is 101 cm³/mol. The number of rotatable bonds is 3. The first-order chi connectivity index (χ1) is 10.9. The van der Waals surface area contributed by atoms with Gasteiger partial charge in [-0.3, -0.25) is 4.79 Å². The molecule has 0 aliphatic heterocycles. The summed E-state index contributed by atoms with van der Waals surface area (Å²) in [5.74, 6) is 1.59. The van der Waals surface area contributed by atoms with Gasteiger partial charge in [-0.25, -0.2) is 0 Å². The standard InChI is InChI=1S/C10H13NO2.C8H11NO.CH4/c1-7-6-9(13-3)4-5-10(7)11-8(2)12;1-6-5-7(10-2)3-4-8(6)9;/h4-6H,1-3H3,(H,11,12);3-5H,9H2,1-2H3;1H4. The molecular weight excluding hydrogens is 304 g/mol. The third-order valence-electron chi connectivity index (χ3n) is 3.22. The quantitative estimate of drug-likeness (QED) is 0.827. The fraction of sp³-hybridized carbons (Fsp3) is 0.316. The van der Waals surface area contributed by atoms with Gasteiger partial charge in [0, 0.05) is 18.3 Å². The van der Waals surface area contributed by atoms with E-state index in [1.54, 1.807) is 14.2 Å². The second-order valence-corrected chi connectivity index (χ2v) is 5.08. The van der Waals surface area contributed by atoms with Gasteiger partial charge in [0.25, 0.3) is 0 Å². The lowest BCUT2D eigenvalue weighted by atomic mass is 10.2. The number of carbonyl (C=O) groups excluding carboxylic acids is 1. The Balaban J connectivity index is 0.000000436. The van der Waals surface area contributed by atoms with Crippen molar-refractivity contribution < 1.29 is 14.3 Å². The minimum atomic E-state index is -0.0618. The molecule has 3 N–H and O–H groups in total. The minimum Gasteiger partial charge on any atom is -0.497 e. The number of amides is 1. The predicted octanol–water partition coefficient (Wildman–Crippen LogP) is 4.18. The van der Waals surface area contributed by atoms with Crippen LogP contribution in [0.3, 0.4) is 0 Å². The molecule has 0 aliphatic rings. The Kier molecular flexibility index (Phi) is 9.02. The summed E-state index contributed by atoms with van der Waals surface area (Å²) in [5.41, 5.74) is 9.27. The summed E-state index contributed by atoms with van der Waals surface area (Å²) in [6.07, 6.45) is 0. The van der Waals surface area contributed by atoms with Crippen LogP contribution in [-0.4, -0.2) is 20.1 Å². The Bertz CT molecular complexity index is 670. The SMILES string of the molecule is C.COc1ccc(N)c(C)c1.COc1ccc(NC(C)=O)c(C)c1. The van der Waals surface area contributed by atoms with Crippen LogP contribution in [0.1, 0.15) is 25.5 Å². The zero-order valence-electron chi connectivity index (χ0n) is 14.3. The molecule has 1 amide bonds. The summed E-state index contributed by atoms with van der Waals surface area (Å²) in [4.78, 5) is 10.8. The van der Waals surface area contributed by atoms with E-state index in [4.69, 9.17) is 15.2 Å². The number of hydrogen-bond acceptors (Lipinski definition) is 4. The van der Waals surface area contributed by atoms with Crippen LogP contribution < -0.4 is 20.5 Å². The summed E-state index contributed by atoms with van der Waals surface area (Å²) in [6, 6.07) is 11.1. The highest BCUT2D eigenvalue weighted by atomic mass is 16.5. The number of nitrogens with two attached hydrogens (primary N) is 1. The molecule has 0 aromatic heterocycles.